The van der Waals surface area contributed by atoms with Gasteiger partial charge in [0, 0.05) is 11.1 Å². The van der Waals surface area contributed by atoms with E-state index in [9.17, 15) is 0 Å². The molecule has 0 N–H and O–H groups in total. The summed E-state index contributed by atoms with van der Waals surface area (Å²) in [6.07, 6.45) is 16.6. The molecule has 1 heterocycles. The first-order valence-electron chi connectivity index (χ1n) is 12.0. The van der Waals surface area contributed by atoms with Crippen molar-refractivity contribution in [3.05, 3.63) is 83.9 Å². The molecule has 2 aromatic carbocycles. The van der Waals surface area contributed by atoms with Gasteiger partial charge in [0.1, 0.15) is 18.1 Å². The fourth-order valence-corrected chi connectivity index (χ4v) is 3.69. The van der Waals surface area contributed by atoms with Crippen LogP contribution < -0.4 is 9.30 Å². The average Bonchev–Trinajstić information content (AvgIpc) is 3.27. The minimum Gasteiger partial charge on any atom is -0.494 e. The number of nitriles is 1. The quantitative estimate of drug-likeness (QED) is 0.203. The maximum atomic E-state index is 8.85. The number of rotatable bonds is 12. The van der Waals surface area contributed by atoms with E-state index in [0.29, 0.717) is 5.56 Å². The molecule has 0 radical (unpaired) electrons. The first-order valence-corrected chi connectivity index (χ1v) is 12.0. The maximum Gasteiger partial charge on any atom is 0.243 e. The fraction of sp³-hybridized carbons (Fsp3) is 0.379. The molecular formula is C29H34N3O+. The predicted octanol–water partition coefficient (Wildman–Crippen LogP) is 5.78. The van der Waals surface area contributed by atoms with Gasteiger partial charge in [0.15, 0.2) is 0 Å². The molecule has 0 bridgehead atoms. The third-order valence-electron chi connectivity index (χ3n) is 5.62. The Morgan fingerprint density at radius 2 is 1.30 bits per heavy atom. The van der Waals surface area contributed by atoms with Gasteiger partial charge in [-0.25, -0.2) is 9.13 Å². The van der Waals surface area contributed by atoms with E-state index in [4.69, 9.17) is 10.00 Å². The van der Waals surface area contributed by atoms with E-state index in [2.05, 4.69) is 52.8 Å². The number of ether oxygens (including phenoxy) is 1. The Hall–Kier alpha value is -3.50. The monoisotopic (exact) mass is 440 g/mol. The second-order valence-corrected chi connectivity index (χ2v) is 8.46. The summed E-state index contributed by atoms with van der Waals surface area (Å²) < 4.78 is 10.2. The average molecular weight is 441 g/mol. The van der Waals surface area contributed by atoms with Gasteiger partial charge in [-0.05, 0) is 67.8 Å². The fourth-order valence-electron chi connectivity index (χ4n) is 3.69. The predicted molar refractivity (Wildman–Crippen MR) is 132 cm³/mol. The lowest BCUT2D eigenvalue weighted by Gasteiger charge is -2.06. The van der Waals surface area contributed by atoms with E-state index < -0.39 is 0 Å². The van der Waals surface area contributed by atoms with Crippen LogP contribution in [0, 0.1) is 23.2 Å². The number of imidazole rings is 1. The molecule has 0 amide bonds. The highest BCUT2D eigenvalue weighted by molar-refractivity contribution is 5.45. The maximum absolute atomic E-state index is 8.85. The topological polar surface area (TPSA) is 41.8 Å². The molecule has 0 aliphatic rings. The number of nitrogens with zero attached hydrogens (tertiary/aromatic N) is 3. The van der Waals surface area contributed by atoms with Gasteiger partial charge in [-0.1, -0.05) is 43.9 Å². The summed E-state index contributed by atoms with van der Waals surface area (Å²) in [6, 6.07) is 17.4. The number of aryl methyl sites for hydroxylation is 2. The van der Waals surface area contributed by atoms with Gasteiger partial charge in [0.2, 0.25) is 6.33 Å². The minimum atomic E-state index is 0.649. The summed E-state index contributed by atoms with van der Waals surface area (Å²) in [5.74, 6) is 7.18. The van der Waals surface area contributed by atoms with E-state index in [1.54, 1.807) is 12.1 Å². The van der Waals surface area contributed by atoms with Crippen molar-refractivity contribution in [1.29, 1.82) is 5.26 Å². The molecule has 4 nitrogen and oxygen atoms in total. The van der Waals surface area contributed by atoms with E-state index in [1.165, 1.54) is 44.9 Å². The molecular weight excluding hydrogens is 406 g/mol. The van der Waals surface area contributed by atoms with Crippen LogP contribution in [0.25, 0.3) is 0 Å². The molecule has 0 saturated heterocycles. The molecule has 4 heteroatoms. The van der Waals surface area contributed by atoms with Crippen LogP contribution in [0.5, 0.6) is 5.75 Å². The molecule has 0 atom stereocenters. The summed E-state index contributed by atoms with van der Waals surface area (Å²) in [4.78, 5) is 0. The highest BCUT2D eigenvalue weighted by Gasteiger charge is 2.00. The molecule has 0 aliphatic carbocycles. The van der Waals surface area contributed by atoms with Gasteiger partial charge in [-0.3, -0.25) is 0 Å². The van der Waals surface area contributed by atoms with Gasteiger partial charge >= 0.3 is 0 Å². The Morgan fingerprint density at radius 1 is 0.758 bits per heavy atom. The molecule has 0 aliphatic heterocycles. The van der Waals surface area contributed by atoms with E-state index in [1.807, 2.05) is 36.4 Å². The van der Waals surface area contributed by atoms with Crippen molar-refractivity contribution in [3.8, 4) is 23.7 Å². The molecule has 33 heavy (non-hydrogen) atoms. The van der Waals surface area contributed by atoms with Crippen LogP contribution in [0.15, 0.2) is 67.3 Å². The summed E-state index contributed by atoms with van der Waals surface area (Å²) in [6.45, 7) is 1.90. The van der Waals surface area contributed by atoms with Crippen molar-refractivity contribution < 1.29 is 9.30 Å². The summed E-state index contributed by atoms with van der Waals surface area (Å²) >= 11 is 0. The van der Waals surface area contributed by atoms with Crippen LogP contribution in [-0.4, -0.2) is 11.2 Å². The summed E-state index contributed by atoms with van der Waals surface area (Å²) in [7, 11) is 2.06. The lowest BCUT2D eigenvalue weighted by molar-refractivity contribution is -0.671. The SMILES string of the molecule is C[n+]1ccn(CCCCCCCCCCOc2ccc(C#Cc3ccc(C#N)cc3)cc2)c1. The van der Waals surface area contributed by atoms with Crippen molar-refractivity contribution in [1.82, 2.24) is 4.57 Å². The first kappa shape index (κ1) is 24.1. The molecule has 170 valence electrons. The third-order valence-corrected chi connectivity index (χ3v) is 5.62. The molecule has 0 fully saturated rings. The van der Waals surface area contributed by atoms with Crippen LogP contribution in [0.4, 0.5) is 0 Å². The van der Waals surface area contributed by atoms with Crippen molar-refractivity contribution in [2.45, 2.75) is 57.9 Å². The van der Waals surface area contributed by atoms with E-state index in [-0.39, 0.29) is 0 Å². The highest BCUT2D eigenvalue weighted by atomic mass is 16.5. The van der Waals surface area contributed by atoms with Gasteiger partial charge in [-0.2, -0.15) is 5.26 Å². The van der Waals surface area contributed by atoms with Gasteiger partial charge in [0.05, 0.1) is 31.8 Å². The van der Waals surface area contributed by atoms with E-state index in [0.717, 1.165) is 36.4 Å². The smallest absolute Gasteiger partial charge is 0.243 e. The molecule has 0 saturated carbocycles. The Bertz CT molecular complexity index is 1060. The molecule has 3 aromatic rings. The van der Waals surface area contributed by atoms with Crippen LogP contribution in [0.1, 0.15) is 68.1 Å². The second kappa shape index (κ2) is 13.8. The van der Waals surface area contributed by atoms with Crippen LogP contribution in [0.2, 0.25) is 0 Å². The molecule has 3 rings (SSSR count). The zero-order valence-electron chi connectivity index (χ0n) is 19.7. The Morgan fingerprint density at radius 3 is 1.88 bits per heavy atom. The zero-order chi connectivity index (χ0) is 23.1. The molecule has 0 unspecified atom stereocenters. The zero-order valence-corrected chi connectivity index (χ0v) is 19.7. The highest BCUT2D eigenvalue weighted by Crippen LogP contribution is 2.14. The standard InChI is InChI=1S/C29H34N3O/c1-31-21-22-32(25-31)20-8-6-4-2-3-5-7-9-23-33-29-18-16-27(17-19-29)11-10-26-12-14-28(24-30)15-13-26/h12-19,21-22,25H,2-9,20,23H2,1H3/q+1. The Kier molecular flexibility index (Phi) is 10.1. The van der Waals surface area contributed by atoms with Crippen molar-refractivity contribution in [2.75, 3.05) is 6.61 Å². The third kappa shape index (κ3) is 9.26. The Labute approximate surface area is 198 Å². The number of benzene rings is 2. The number of hydrogen-bond acceptors (Lipinski definition) is 2. The second-order valence-electron chi connectivity index (χ2n) is 8.46. The van der Waals surface area contributed by atoms with Gasteiger partial charge in [0.25, 0.3) is 0 Å². The van der Waals surface area contributed by atoms with Gasteiger partial charge < -0.3 is 4.74 Å². The van der Waals surface area contributed by atoms with Crippen molar-refractivity contribution in [2.24, 2.45) is 7.05 Å². The minimum absolute atomic E-state index is 0.649. The Balaban J connectivity index is 1.20. The van der Waals surface area contributed by atoms with Crippen LogP contribution >= 0.6 is 0 Å². The van der Waals surface area contributed by atoms with Crippen LogP contribution in [0.3, 0.4) is 0 Å². The van der Waals surface area contributed by atoms with Crippen molar-refractivity contribution >= 4 is 0 Å². The first-order chi connectivity index (χ1) is 16.2. The molecule has 0 spiro atoms. The van der Waals surface area contributed by atoms with Gasteiger partial charge in [-0.15, -0.1) is 0 Å². The lowest BCUT2D eigenvalue weighted by atomic mass is 10.1. The lowest BCUT2D eigenvalue weighted by Crippen LogP contribution is -2.23. The van der Waals surface area contributed by atoms with Crippen LogP contribution in [-0.2, 0) is 13.6 Å². The van der Waals surface area contributed by atoms with Crippen molar-refractivity contribution in [3.63, 3.8) is 0 Å². The number of unbranched alkanes of at least 4 members (excludes halogenated alkanes) is 7. The largest absolute Gasteiger partial charge is 0.494 e. The summed E-state index contributed by atoms with van der Waals surface area (Å²) in [5.41, 5.74) is 2.51. The number of hydrogen-bond donors (Lipinski definition) is 0. The summed E-state index contributed by atoms with van der Waals surface area (Å²) in [5, 5.41) is 8.85. The number of aromatic nitrogens is 2. The molecule has 1 aromatic heterocycles. The van der Waals surface area contributed by atoms with E-state index >= 15 is 0 Å². The normalized spacial score (nSPS) is 10.3.